The summed E-state index contributed by atoms with van der Waals surface area (Å²) in [5.74, 6) is 0.346. The molecule has 1 atom stereocenters. The number of halogens is 1. The summed E-state index contributed by atoms with van der Waals surface area (Å²) in [6.45, 7) is 4.20. The monoisotopic (exact) mass is 341 g/mol. The Balaban J connectivity index is 0.00000264. The molecule has 6 nitrogen and oxygen atoms in total. The lowest BCUT2D eigenvalue weighted by molar-refractivity contribution is -0.385. The fraction of sp³-hybridized carbons (Fsp3) is 0.562. The van der Waals surface area contributed by atoms with Crippen LogP contribution in [-0.2, 0) is 6.42 Å². The second kappa shape index (κ2) is 8.84. The molecule has 23 heavy (non-hydrogen) atoms. The van der Waals surface area contributed by atoms with Crippen molar-refractivity contribution in [2.24, 2.45) is 5.92 Å². The van der Waals surface area contributed by atoms with E-state index in [0.717, 1.165) is 25.9 Å². The number of piperidine rings is 1. The number of nitro groups is 1. The Kier molecular flexibility index (Phi) is 7.45. The van der Waals surface area contributed by atoms with Gasteiger partial charge in [-0.3, -0.25) is 14.9 Å². The van der Waals surface area contributed by atoms with Crippen LogP contribution in [0.15, 0.2) is 18.2 Å². The van der Waals surface area contributed by atoms with E-state index in [1.807, 2.05) is 18.9 Å². The number of hydrogen-bond acceptors (Lipinski definition) is 4. The Morgan fingerprint density at radius 2 is 2.22 bits per heavy atom. The lowest BCUT2D eigenvalue weighted by Gasteiger charge is -2.32. The number of amides is 1. The van der Waals surface area contributed by atoms with Crippen molar-refractivity contribution in [3.8, 4) is 0 Å². The number of carbonyl (C=O) groups excluding carboxylic acids is 1. The largest absolute Gasteiger partial charge is 0.338 e. The normalized spacial score (nSPS) is 17.5. The summed E-state index contributed by atoms with van der Waals surface area (Å²) in [5.41, 5.74) is 1.11. The minimum atomic E-state index is -0.407. The van der Waals surface area contributed by atoms with Gasteiger partial charge in [-0.25, -0.2) is 0 Å². The van der Waals surface area contributed by atoms with E-state index >= 15 is 0 Å². The molecule has 1 aromatic rings. The number of aryl methyl sites for hydroxylation is 1. The summed E-state index contributed by atoms with van der Waals surface area (Å²) in [6, 6.07) is 4.82. The number of hydrogen-bond donors (Lipinski definition) is 1. The van der Waals surface area contributed by atoms with Crippen LogP contribution in [0.4, 0.5) is 5.69 Å². The van der Waals surface area contributed by atoms with Crippen molar-refractivity contribution in [1.29, 1.82) is 0 Å². The summed E-state index contributed by atoms with van der Waals surface area (Å²) in [6.07, 6.45) is 2.67. The molecule has 1 aliphatic rings. The number of nitrogens with zero attached hydrogens (tertiary/aromatic N) is 2. The average molecular weight is 342 g/mol. The summed E-state index contributed by atoms with van der Waals surface area (Å²) >= 11 is 0. The zero-order valence-corrected chi connectivity index (χ0v) is 14.4. The SMILES string of the molecule is CCc1ccc(C(=O)N2CCCC(CNC)C2)cc1[N+](=O)[O-].Cl. The summed E-state index contributed by atoms with van der Waals surface area (Å²) in [7, 11) is 1.91. The van der Waals surface area contributed by atoms with Crippen molar-refractivity contribution >= 4 is 24.0 Å². The summed E-state index contributed by atoms with van der Waals surface area (Å²) in [5, 5.41) is 14.3. The van der Waals surface area contributed by atoms with E-state index < -0.39 is 4.92 Å². The first-order valence-electron chi connectivity index (χ1n) is 7.78. The lowest BCUT2D eigenvalue weighted by Crippen LogP contribution is -2.42. The quantitative estimate of drug-likeness (QED) is 0.660. The molecular weight excluding hydrogens is 318 g/mol. The first-order chi connectivity index (χ1) is 10.6. The highest BCUT2D eigenvalue weighted by molar-refractivity contribution is 5.95. The van der Waals surface area contributed by atoms with Gasteiger partial charge >= 0.3 is 0 Å². The van der Waals surface area contributed by atoms with Crippen molar-refractivity contribution in [3.05, 3.63) is 39.4 Å². The van der Waals surface area contributed by atoms with Crippen LogP contribution in [-0.4, -0.2) is 42.4 Å². The summed E-state index contributed by atoms with van der Waals surface area (Å²) < 4.78 is 0. The number of nitro benzene ring substituents is 1. The summed E-state index contributed by atoms with van der Waals surface area (Å²) in [4.78, 5) is 25.2. The molecule has 1 saturated heterocycles. The number of nitrogens with one attached hydrogen (secondary N) is 1. The Bertz CT molecular complexity index is 564. The number of benzene rings is 1. The van der Waals surface area contributed by atoms with E-state index in [4.69, 9.17) is 0 Å². The first kappa shape index (κ1) is 19.4. The standard InChI is InChI=1S/C16H23N3O3.ClH/c1-3-13-6-7-14(9-15(13)19(21)22)16(20)18-8-4-5-12(11-18)10-17-2;/h6-7,9,12,17H,3-5,8,10-11H2,1-2H3;1H. The van der Waals surface area contributed by atoms with E-state index in [-0.39, 0.29) is 24.0 Å². The predicted molar refractivity (Wildman–Crippen MR) is 92.3 cm³/mol. The molecule has 0 saturated carbocycles. The zero-order chi connectivity index (χ0) is 16.1. The third kappa shape index (κ3) is 4.65. The third-order valence-corrected chi connectivity index (χ3v) is 4.21. The molecule has 1 heterocycles. The smallest absolute Gasteiger partial charge is 0.273 e. The second-order valence-corrected chi connectivity index (χ2v) is 5.77. The van der Waals surface area contributed by atoms with Crippen LogP contribution in [0.2, 0.25) is 0 Å². The molecule has 0 spiro atoms. The lowest BCUT2D eigenvalue weighted by atomic mass is 9.97. The van der Waals surface area contributed by atoms with Crippen molar-refractivity contribution in [3.63, 3.8) is 0 Å². The number of likely N-dealkylation sites (tertiary alicyclic amines) is 1. The van der Waals surface area contributed by atoms with Crippen LogP contribution < -0.4 is 5.32 Å². The van der Waals surface area contributed by atoms with Crippen molar-refractivity contribution in [2.45, 2.75) is 26.2 Å². The Labute approximate surface area is 142 Å². The molecule has 1 aromatic carbocycles. The van der Waals surface area contributed by atoms with Crippen LogP contribution in [0.25, 0.3) is 0 Å². The van der Waals surface area contributed by atoms with Crippen molar-refractivity contribution < 1.29 is 9.72 Å². The topological polar surface area (TPSA) is 75.5 Å². The van der Waals surface area contributed by atoms with E-state index in [1.165, 1.54) is 6.07 Å². The molecule has 0 bridgehead atoms. The van der Waals surface area contributed by atoms with Gasteiger partial charge in [0, 0.05) is 30.3 Å². The van der Waals surface area contributed by atoms with Crippen LogP contribution in [0.5, 0.6) is 0 Å². The Hall–Kier alpha value is -1.66. The van der Waals surface area contributed by atoms with Gasteiger partial charge < -0.3 is 10.2 Å². The molecule has 128 valence electrons. The van der Waals surface area contributed by atoms with Gasteiger partial charge in [0.2, 0.25) is 0 Å². The van der Waals surface area contributed by atoms with Crippen molar-refractivity contribution in [2.75, 3.05) is 26.7 Å². The molecule has 1 aliphatic heterocycles. The number of carbonyl (C=O) groups is 1. The van der Waals surface area contributed by atoms with E-state index in [1.54, 1.807) is 12.1 Å². The molecule has 7 heteroatoms. The second-order valence-electron chi connectivity index (χ2n) is 5.77. The zero-order valence-electron chi connectivity index (χ0n) is 13.6. The molecule has 1 amide bonds. The average Bonchev–Trinajstić information content (AvgIpc) is 2.54. The minimum absolute atomic E-state index is 0. The Morgan fingerprint density at radius 1 is 1.48 bits per heavy atom. The maximum Gasteiger partial charge on any atom is 0.273 e. The number of rotatable bonds is 5. The van der Waals surface area contributed by atoms with Gasteiger partial charge in [-0.05, 0) is 44.8 Å². The van der Waals surface area contributed by atoms with Gasteiger partial charge in [0.15, 0.2) is 0 Å². The molecule has 2 rings (SSSR count). The van der Waals surface area contributed by atoms with E-state index in [0.29, 0.717) is 30.0 Å². The highest BCUT2D eigenvalue weighted by Crippen LogP contribution is 2.23. The highest BCUT2D eigenvalue weighted by atomic mass is 35.5. The van der Waals surface area contributed by atoms with Gasteiger partial charge in [-0.15, -0.1) is 12.4 Å². The van der Waals surface area contributed by atoms with Gasteiger partial charge in [0.25, 0.3) is 11.6 Å². The minimum Gasteiger partial charge on any atom is -0.338 e. The molecular formula is C16H24ClN3O3. The molecule has 1 fully saturated rings. The van der Waals surface area contributed by atoms with Crippen LogP contribution in [0.3, 0.4) is 0 Å². The maximum atomic E-state index is 12.6. The molecule has 1 N–H and O–H groups in total. The maximum absolute atomic E-state index is 12.6. The van der Waals surface area contributed by atoms with Crippen LogP contribution in [0, 0.1) is 16.0 Å². The molecule has 0 radical (unpaired) electrons. The highest BCUT2D eigenvalue weighted by Gasteiger charge is 2.25. The van der Waals surface area contributed by atoms with Crippen LogP contribution in [0.1, 0.15) is 35.7 Å². The Morgan fingerprint density at radius 3 is 2.83 bits per heavy atom. The molecule has 0 aliphatic carbocycles. The van der Waals surface area contributed by atoms with Crippen LogP contribution >= 0.6 is 12.4 Å². The van der Waals surface area contributed by atoms with Gasteiger partial charge in [-0.1, -0.05) is 13.0 Å². The first-order valence-corrected chi connectivity index (χ1v) is 7.78. The van der Waals surface area contributed by atoms with Gasteiger partial charge in [-0.2, -0.15) is 0 Å². The van der Waals surface area contributed by atoms with E-state index in [2.05, 4.69) is 5.32 Å². The fourth-order valence-electron chi connectivity index (χ4n) is 3.05. The molecule has 0 aromatic heterocycles. The van der Waals surface area contributed by atoms with Crippen molar-refractivity contribution in [1.82, 2.24) is 10.2 Å². The van der Waals surface area contributed by atoms with Gasteiger partial charge in [0.05, 0.1) is 4.92 Å². The third-order valence-electron chi connectivity index (χ3n) is 4.21. The molecule has 1 unspecified atom stereocenters. The fourth-order valence-corrected chi connectivity index (χ4v) is 3.05. The van der Waals surface area contributed by atoms with E-state index in [9.17, 15) is 14.9 Å². The van der Waals surface area contributed by atoms with Gasteiger partial charge in [0.1, 0.15) is 0 Å². The predicted octanol–water partition coefficient (Wildman–Crippen LogP) is 2.65.